The van der Waals surface area contributed by atoms with Gasteiger partial charge in [0, 0.05) is 25.6 Å². The van der Waals surface area contributed by atoms with Crippen molar-refractivity contribution in [1.82, 2.24) is 10.2 Å². The smallest absolute Gasteiger partial charge is 0.00886 e. The molecule has 1 N–H and O–H groups in total. The Balaban J connectivity index is 1.77. The van der Waals surface area contributed by atoms with Crippen molar-refractivity contribution in [2.75, 3.05) is 33.2 Å². The van der Waals surface area contributed by atoms with Gasteiger partial charge in [-0.1, -0.05) is 24.3 Å². The Morgan fingerprint density at radius 1 is 1.18 bits per heavy atom. The van der Waals surface area contributed by atoms with Gasteiger partial charge in [-0.25, -0.2) is 0 Å². The summed E-state index contributed by atoms with van der Waals surface area (Å²) in [5, 5.41) is 3.36. The van der Waals surface area contributed by atoms with E-state index in [1.165, 1.54) is 31.5 Å². The molecule has 92 valence electrons. The van der Waals surface area contributed by atoms with E-state index >= 15 is 0 Å². The number of likely N-dealkylation sites (N-methyl/N-ethyl adjacent to an activating group) is 1. The second-order valence-corrected chi connectivity index (χ2v) is 5.63. The summed E-state index contributed by atoms with van der Waals surface area (Å²) in [6.45, 7) is 4.82. The molecular formula is C15H22N2. The molecule has 0 aromatic heterocycles. The van der Waals surface area contributed by atoms with Gasteiger partial charge in [-0.3, -0.25) is 0 Å². The zero-order valence-electron chi connectivity index (χ0n) is 10.7. The zero-order chi connectivity index (χ0) is 11.7. The van der Waals surface area contributed by atoms with Crippen molar-refractivity contribution >= 4 is 0 Å². The summed E-state index contributed by atoms with van der Waals surface area (Å²) in [6, 6.07) is 9.31. The van der Waals surface area contributed by atoms with Gasteiger partial charge in [0.05, 0.1) is 0 Å². The van der Waals surface area contributed by atoms with E-state index in [0.717, 1.165) is 24.9 Å². The average molecular weight is 230 g/mol. The number of hydrogen-bond donors (Lipinski definition) is 1. The first-order chi connectivity index (χ1) is 8.33. The van der Waals surface area contributed by atoms with Crippen LogP contribution in [0.25, 0.3) is 0 Å². The first-order valence-electron chi connectivity index (χ1n) is 6.82. The minimum atomic E-state index is 0.752. The van der Waals surface area contributed by atoms with Crippen molar-refractivity contribution in [2.45, 2.75) is 24.7 Å². The van der Waals surface area contributed by atoms with Crippen LogP contribution in [0, 0.1) is 0 Å². The predicted molar refractivity (Wildman–Crippen MR) is 71.5 cm³/mol. The highest BCUT2D eigenvalue weighted by Crippen LogP contribution is 2.29. The molecule has 2 heteroatoms. The molecule has 0 amide bonds. The number of likely N-dealkylation sites (tertiary alicyclic amines) is 1. The van der Waals surface area contributed by atoms with Crippen LogP contribution in [0.4, 0.5) is 0 Å². The molecule has 0 aliphatic carbocycles. The van der Waals surface area contributed by atoms with Crippen LogP contribution in [0.2, 0.25) is 0 Å². The van der Waals surface area contributed by atoms with Crippen molar-refractivity contribution in [3.05, 3.63) is 35.4 Å². The molecule has 0 radical (unpaired) electrons. The van der Waals surface area contributed by atoms with Gasteiger partial charge in [0.1, 0.15) is 0 Å². The summed E-state index contributed by atoms with van der Waals surface area (Å²) in [4.78, 5) is 2.46. The molecule has 2 heterocycles. The first-order valence-corrected chi connectivity index (χ1v) is 6.82. The average Bonchev–Trinajstić information content (AvgIpc) is 2.27. The molecule has 3 rings (SSSR count). The van der Waals surface area contributed by atoms with E-state index in [0.29, 0.717) is 0 Å². The highest BCUT2D eigenvalue weighted by Gasteiger charge is 2.22. The minimum absolute atomic E-state index is 0.752. The molecule has 2 aliphatic heterocycles. The van der Waals surface area contributed by atoms with Gasteiger partial charge < -0.3 is 10.2 Å². The monoisotopic (exact) mass is 230 g/mol. The number of hydrogen-bond acceptors (Lipinski definition) is 2. The normalized spacial score (nSPS) is 26.8. The Labute approximate surface area is 104 Å². The van der Waals surface area contributed by atoms with E-state index in [-0.39, 0.29) is 0 Å². The van der Waals surface area contributed by atoms with Crippen LogP contribution < -0.4 is 5.32 Å². The second kappa shape index (κ2) is 4.79. The largest absolute Gasteiger partial charge is 0.315 e. The molecule has 1 aromatic rings. The molecule has 17 heavy (non-hydrogen) atoms. The Morgan fingerprint density at radius 2 is 1.94 bits per heavy atom. The molecular weight excluding hydrogens is 208 g/mol. The molecule has 1 unspecified atom stereocenters. The van der Waals surface area contributed by atoms with E-state index in [4.69, 9.17) is 0 Å². The third kappa shape index (κ3) is 2.38. The molecule has 2 aliphatic rings. The van der Waals surface area contributed by atoms with E-state index < -0.39 is 0 Å². The fourth-order valence-electron chi connectivity index (χ4n) is 3.03. The van der Waals surface area contributed by atoms with Gasteiger partial charge >= 0.3 is 0 Å². The maximum atomic E-state index is 3.36. The lowest BCUT2D eigenvalue weighted by Crippen LogP contribution is -2.39. The van der Waals surface area contributed by atoms with Gasteiger partial charge in [0.25, 0.3) is 0 Å². The topological polar surface area (TPSA) is 15.3 Å². The molecule has 2 saturated heterocycles. The number of rotatable bonds is 2. The van der Waals surface area contributed by atoms with Gasteiger partial charge in [-0.2, -0.15) is 0 Å². The highest BCUT2D eigenvalue weighted by atomic mass is 15.1. The summed E-state index contributed by atoms with van der Waals surface area (Å²) in [6.07, 6.45) is 2.70. The van der Waals surface area contributed by atoms with Gasteiger partial charge in [-0.05, 0) is 43.5 Å². The summed E-state index contributed by atoms with van der Waals surface area (Å²) in [7, 11) is 2.24. The molecule has 0 spiro atoms. The number of nitrogens with zero attached hydrogens (tertiary/aromatic N) is 1. The lowest BCUT2D eigenvalue weighted by molar-refractivity contribution is 0.250. The Hall–Kier alpha value is -0.860. The lowest BCUT2D eigenvalue weighted by atomic mass is 9.86. The summed E-state index contributed by atoms with van der Waals surface area (Å²) >= 11 is 0. The number of benzene rings is 1. The minimum Gasteiger partial charge on any atom is -0.315 e. The van der Waals surface area contributed by atoms with Crippen molar-refractivity contribution in [1.29, 1.82) is 0 Å². The number of nitrogens with one attached hydrogen (secondary N) is 1. The van der Waals surface area contributed by atoms with E-state index in [9.17, 15) is 0 Å². The maximum Gasteiger partial charge on any atom is 0.00886 e. The second-order valence-electron chi connectivity index (χ2n) is 5.63. The van der Waals surface area contributed by atoms with Crippen LogP contribution in [-0.4, -0.2) is 38.1 Å². The Kier molecular flexibility index (Phi) is 3.17. The van der Waals surface area contributed by atoms with Crippen molar-refractivity contribution < 1.29 is 0 Å². The van der Waals surface area contributed by atoms with Crippen molar-refractivity contribution in [3.63, 3.8) is 0 Å². The third-order valence-electron chi connectivity index (χ3n) is 4.26. The van der Waals surface area contributed by atoms with Crippen LogP contribution in [0.1, 0.15) is 35.8 Å². The summed E-state index contributed by atoms with van der Waals surface area (Å²) in [5.74, 6) is 1.51. The Bertz CT molecular complexity index is 384. The zero-order valence-corrected chi connectivity index (χ0v) is 10.7. The van der Waals surface area contributed by atoms with Crippen LogP contribution in [-0.2, 0) is 0 Å². The SMILES string of the molecule is CN1CCCC(c2cccc(C3CNC3)c2)C1. The van der Waals surface area contributed by atoms with Crippen molar-refractivity contribution in [3.8, 4) is 0 Å². The standard InChI is InChI=1S/C15H22N2/c1-17-7-3-6-14(11-17)12-4-2-5-13(8-12)15-9-16-10-15/h2,4-5,8,14-16H,3,6-7,9-11H2,1H3. The quantitative estimate of drug-likeness (QED) is 0.838. The van der Waals surface area contributed by atoms with E-state index in [1.54, 1.807) is 5.56 Å². The van der Waals surface area contributed by atoms with Gasteiger partial charge in [0.15, 0.2) is 0 Å². The predicted octanol–water partition coefficient (Wildman–Crippen LogP) is 2.18. The first kappa shape index (κ1) is 11.2. The van der Waals surface area contributed by atoms with Crippen LogP contribution >= 0.6 is 0 Å². The van der Waals surface area contributed by atoms with Crippen molar-refractivity contribution in [2.24, 2.45) is 0 Å². The van der Waals surface area contributed by atoms with Crippen LogP contribution in [0.15, 0.2) is 24.3 Å². The summed E-state index contributed by atoms with van der Waals surface area (Å²) in [5.41, 5.74) is 3.09. The molecule has 2 nitrogen and oxygen atoms in total. The molecule has 1 aromatic carbocycles. The fraction of sp³-hybridized carbons (Fsp3) is 0.600. The van der Waals surface area contributed by atoms with E-state index in [1.807, 2.05) is 0 Å². The van der Waals surface area contributed by atoms with Crippen LogP contribution in [0.5, 0.6) is 0 Å². The fourth-order valence-corrected chi connectivity index (χ4v) is 3.03. The maximum absolute atomic E-state index is 3.36. The van der Waals surface area contributed by atoms with Gasteiger partial charge in [0.2, 0.25) is 0 Å². The molecule has 0 bridgehead atoms. The number of piperidine rings is 1. The molecule has 2 fully saturated rings. The lowest BCUT2D eigenvalue weighted by Gasteiger charge is -2.32. The molecule has 0 saturated carbocycles. The van der Waals surface area contributed by atoms with Gasteiger partial charge in [-0.15, -0.1) is 0 Å². The summed E-state index contributed by atoms with van der Waals surface area (Å²) < 4.78 is 0. The molecule has 1 atom stereocenters. The van der Waals surface area contributed by atoms with E-state index in [2.05, 4.69) is 41.5 Å². The highest BCUT2D eigenvalue weighted by molar-refractivity contribution is 5.31. The van der Waals surface area contributed by atoms with Crippen LogP contribution in [0.3, 0.4) is 0 Å². The third-order valence-corrected chi connectivity index (χ3v) is 4.26. The Morgan fingerprint density at radius 3 is 2.59 bits per heavy atom.